The molecular formula is C22H27ClFN5O3. The number of anilines is 3. The van der Waals surface area contributed by atoms with Gasteiger partial charge in [0.2, 0.25) is 5.95 Å². The number of urea groups is 1. The average Bonchev–Trinajstić information content (AvgIpc) is 2.78. The topological polar surface area (TPSA) is 90.8 Å². The van der Waals surface area contributed by atoms with Gasteiger partial charge in [-0.25, -0.2) is 14.2 Å². The van der Waals surface area contributed by atoms with Crippen molar-refractivity contribution in [1.29, 1.82) is 0 Å². The van der Waals surface area contributed by atoms with E-state index in [1.165, 1.54) is 21.9 Å². The minimum atomic E-state index is -0.675. The largest absolute Gasteiger partial charge is 0.491 e. The number of benzene rings is 1. The molecule has 1 aliphatic heterocycles. The number of carbonyl (C=O) groups is 1. The van der Waals surface area contributed by atoms with Gasteiger partial charge in [-0.1, -0.05) is 11.6 Å². The molecule has 172 valence electrons. The number of aromatic nitrogens is 2. The summed E-state index contributed by atoms with van der Waals surface area (Å²) in [5, 5.41) is 13.1. The van der Waals surface area contributed by atoms with Gasteiger partial charge in [0.05, 0.1) is 24.3 Å². The number of amides is 2. The molecule has 0 atom stereocenters. The van der Waals surface area contributed by atoms with Crippen LogP contribution >= 0.6 is 11.6 Å². The summed E-state index contributed by atoms with van der Waals surface area (Å²) in [5.41, 5.74) is 0.669. The summed E-state index contributed by atoms with van der Waals surface area (Å²) in [6.45, 7) is 4.32. The smallest absolute Gasteiger partial charge is 0.330 e. The first kappa shape index (κ1) is 22.5. The molecule has 0 unspecified atom stereocenters. The fraction of sp³-hybridized carbons (Fsp3) is 0.500. The van der Waals surface area contributed by atoms with E-state index in [1.54, 1.807) is 13.1 Å². The molecule has 1 aromatic carbocycles. The second-order valence-electron chi connectivity index (χ2n) is 7.95. The molecule has 1 aromatic heterocycles. The van der Waals surface area contributed by atoms with Gasteiger partial charge in [0.25, 0.3) is 0 Å². The highest BCUT2D eigenvalue weighted by molar-refractivity contribution is 6.34. The van der Waals surface area contributed by atoms with Crippen molar-refractivity contribution in [2.75, 3.05) is 28.3 Å². The third kappa shape index (κ3) is 4.31. The number of rotatable bonds is 6. The van der Waals surface area contributed by atoms with Crippen molar-refractivity contribution in [2.45, 2.75) is 58.2 Å². The maximum atomic E-state index is 15.2. The lowest BCUT2D eigenvalue weighted by molar-refractivity contribution is 0.126. The van der Waals surface area contributed by atoms with Crippen LogP contribution < -0.4 is 19.9 Å². The van der Waals surface area contributed by atoms with Crippen molar-refractivity contribution in [3.05, 3.63) is 34.7 Å². The van der Waals surface area contributed by atoms with Gasteiger partial charge in [0.15, 0.2) is 11.6 Å². The first-order valence-electron chi connectivity index (χ1n) is 10.9. The van der Waals surface area contributed by atoms with Crippen LogP contribution in [-0.2, 0) is 6.54 Å². The molecule has 1 fully saturated rings. The van der Waals surface area contributed by atoms with Crippen molar-refractivity contribution >= 4 is 35.1 Å². The van der Waals surface area contributed by atoms with E-state index in [2.05, 4.69) is 15.3 Å². The molecule has 1 saturated carbocycles. The summed E-state index contributed by atoms with van der Waals surface area (Å²) >= 11 is 6.30. The number of nitrogens with one attached hydrogen (secondary N) is 1. The van der Waals surface area contributed by atoms with Crippen LogP contribution in [0.5, 0.6) is 5.75 Å². The minimum absolute atomic E-state index is 0.0188. The number of nitrogens with zero attached hydrogens (tertiary/aromatic N) is 4. The minimum Gasteiger partial charge on any atom is -0.491 e. The van der Waals surface area contributed by atoms with Gasteiger partial charge < -0.3 is 15.2 Å². The summed E-state index contributed by atoms with van der Waals surface area (Å²) in [4.78, 5) is 25.1. The van der Waals surface area contributed by atoms with E-state index in [1.807, 2.05) is 6.92 Å². The molecule has 2 amide bonds. The van der Waals surface area contributed by atoms with Crippen LogP contribution in [0.25, 0.3) is 0 Å². The molecule has 10 heteroatoms. The molecule has 2 aromatic rings. The standard InChI is InChI=1S/C22H27ClFN5O3/c1-3-28-20-13(11-25-21(27-20)26-14-5-7-15(30)8-6-14)12-29(22(28)31)19-16(23)9-10-17(18(19)24)32-4-2/h9-11,14-15,30H,3-8,12H2,1-2H3,(H,25,26,27). The molecule has 2 heterocycles. The van der Waals surface area contributed by atoms with Gasteiger partial charge in [-0.15, -0.1) is 0 Å². The monoisotopic (exact) mass is 463 g/mol. The zero-order valence-corrected chi connectivity index (χ0v) is 18.9. The number of aliphatic hydroxyl groups is 1. The average molecular weight is 464 g/mol. The number of carbonyl (C=O) groups excluding carboxylic acids is 1. The lowest BCUT2D eigenvalue weighted by Crippen LogP contribution is -2.48. The van der Waals surface area contributed by atoms with Crippen molar-refractivity contribution in [1.82, 2.24) is 9.97 Å². The molecule has 32 heavy (non-hydrogen) atoms. The predicted octanol–water partition coefficient (Wildman–Crippen LogP) is 4.35. The van der Waals surface area contributed by atoms with Crippen LogP contribution in [0.2, 0.25) is 5.02 Å². The number of halogens is 2. The third-order valence-electron chi connectivity index (χ3n) is 5.84. The Morgan fingerprint density at radius 3 is 2.72 bits per heavy atom. The molecule has 2 aliphatic rings. The number of hydrogen-bond acceptors (Lipinski definition) is 6. The Bertz CT molecular complexity index is 1000. The van der Waals surface area contributed by atoms with Crippen LogP contribution in [-0.4, -0.2) is 46.4 Å². The first-order valence-corrected chi connectivity index (χ1v) is 11.3. The highest BCUT2D eigenvalue weighted by atomic mass is 35.5. The molecule has 2 N–H and O–H groups in total. The van der Waals surface area contributed by atoms with Crippen LogP contribution in [0.4, 0.5) is 26.6 Å². The van der Waals surface area contributed by atoms with Gasteiger partial charge >= 0.3 is 6.03 Å². The molecule has 0 radical (unpaired) electrons. The van der Waals surface area contributed by atoms with Crippen molar-refractivity contribution in [3.8, 4) is 5.75 Å². The second kappa shape index (κ2) is 9.46. The van der Waals surface area contributed by atoms with Crippen molar-refractivity contribution in [3.63, 3.8) is 0 Å². The number of aliphatic hydroxyl groups excluding tert-OH is 1. The zero-order valence-electron chi connectivity index (χ0n) is 18.1. The summed E-state index contributed by atoms with van der Waals surface area (Å²) in [6.07, 6.45) is 4.56. The molecule has 4 rings (SSSR count). The Labute approximate surface area is 191 Å². The fourth-order valence-electron chi connectivity index (χ4n) is 4.19. The summed E-state index contributed by atoms with van der Waals surface area (Å²) in [6, 6.07) is 2.74. The first-order chi connectivity index (χ1) is 15.4. The van der Waals surface area contributed by atoms with E-state index in [-0.39, 0.29) is 35.2 Å². The van der Waals surface area contributed by atoms with Gasteiger partial charge in [0, 0.05) is 24.3 Å². The molecule has 0 spiro atoms. The third-order valence-corrected chi connectivity index (χ3v) is 6.14. The van der Waals surface area contributed by atoms with Crippen LogP contribution in [0.1, 0.15) is 45.1 Å². The Kier molecular flexibility index (Phi) is 6.66. The van der Waals surface area contributed by atoms with Crippen LogP contribution in [0.3, 0.4) is 0 Å². The number of ether oxygens (including phenoxy) is 1. The van der Waals surface area contributed by atoms with Gasteiger partial charge in [0.1, 0.15) is 11.5 Å². The van der Waals surface area contributed by atoms with Crippen LogP contribution in [0, 0.1) is 5.82 Å². The van der Waals surface area contributed by atoms with E-state index in [9.17, 15) is 9.90 Å². The van der Waals surface area contributed by atoms with Gasteiger partial charge in [-0.05, 0) is 51.7 Å². The van der Waals surface area contributed by atoms with Crippen molar-refractivity contribution < 1.29 is 19.0 Å². The number of hydrogen-bond donors (Lipinski definition) is 2. The van der Waals surface area contributed by atoms with Gasteiger partial charge in [-0.3, -0.25) is 9.80 Å². The quantitative estimate of drug-likeness (QED) is 0.661. The van der Waals surface area contributed by atoms with E-state index in [0.717, 1.165) is 25.7 Å². The lowest BCUT2D eigenvalue weighted by atomic mass is 9.93. The second-order valence-corrected chi connectivity index (χ2v) is 8.35. The van der Waals surface area contributed by atoms with Crippen molar-refractivity contribution in [2.24, 2.45) is 0 Å². The Morgan fingerprint density at radius 2 is 2.03 bits per heavy atom. The summed E-state index contributed by atoms with van der Waals surface area (Å²) in [5.74, 6) is 0.305. The maximum Gasteiger partial charge on any atom is 0.330 e. The fourth-order valence-corrected chi connectivity index (χ4v) is 4.43. The Hall–Kier alpha value is -2.65. The lowest BCUT2D eigenvalue weighted by Gasteiger charge is -2.36. The molecule has 0 saturated heterocycles. The molecule has 8 nitrogen and oxygen atoms in total. The highest BCUT2D eigenvalue weighted by Crippen LogP contribution is 2.39. The Morgan fingerprint density at radius 1 is 1.28 bits per heavy atom. The SMILES string of the molecule is CCOc1ccc(Cl)c(N2Cc3cnc(NC4CCC(O)CC4)nc3N(CC)C2=O)c1F. The number of fused-ring (bicyclic) bond motifs is 1. The van der Waals surface area contributed by atoms with E-state index in [0.29, 0.717) is 30.5 Å². The van der Waals surface area contributed by atoms with Crippen LogP contribution in [0.15, 0.2) is 18.3 Å². The molecule has 0 bridgehead atoms. The molecule has 1 aliphatic carbocycles. The maximum absolute atomic E-state index is 15.2. The van der Waals surface area contributed by atoms with Gasteiger partial charge in [-0.2, -0.15) is 4.98 Å². The van der Waals surface area contributed by atoms with E-state index >= 15 is 4.39 Å². The Balaban J connectivity index is 1.63. The molecular weight excluding hydrogens is 437 g/mol. The highest BCUT2D eigenvalue weighted by Gasteiger charge is 2.35. The normalized spacial score (nSPS) is 20.8. The summed E-state index contributed by atoms with van der Waals surface area (Å²) < 4.78 is 20.5. The van der Waals surface area contributed by atoms with E-state index < -0.39 is 11.8 Å². The van der Waals surface area contributed by atoms with E-state index in [4.69, 9.17) is 16.3 Å². The summed E-state index contributed by atoms with van der Waals surface area (Å²) in [7, 11) is 0. The zero-order chi connectivity index (χ0) is 22.8. The predicted molar refractivity (Wildman–Crippen MR) is 121 cm³/mol.